The number of carbonyl (C=O) groups is 2. The summed E-state index contributed by atoms with van der Waals surface area (Å²) in [5, 5.41) is 43.0. The van der Waals surface area contributed by atoms with E-state index in [1.54, 1.807) is 118 Å². The lowest BCUT2D eigenvalue weighted by atomic mass is 9.88. The molecular weight excluding hydrogens is 819 g/mol. The van der Waals surface area contributed by atoms with Crippen molar-refractivity contribution in [2.75, 3.05) is 0 Å². The summed E-state index contributed by atoms with van der Waals surface area (Å²) in [7, 11) is 0. The molecule has 312 valence electrons. The van der Waals surface area contributed by atoms with Crippen molar-refractivity contribution in [1.29, 1.82) is 0 Å². The highest BCUT2D eigenvalue weighted by molar-refractivity contribution is 6.42. The summed E-state index contributed by atoms with van der Waals surface area (Å²) in [6.07, 6.45) is -8.97. The molecule has 3 aliphatic rings. The number of ether oxygens (including phenoxy) is 6. The lowest BCUT2D eigenvalue weighted by Crippen LogP contribution is -2.49. The molecule has 3 aliphatic heterocycles. The fourth-order valence-electron chi connectivity index (χ4n) is 6.84. The average Bonchev–Trinajstić information content (AvgIpc) is 3.70. The zero-order valence-electron chi connectivity index (χ0n) is 32.0. The van der Waals surface area contributed by atoms with Crippen LogP contribution in [0.15, 0.2) is 97.1 Å². The number of fused-ring (bicyclic) bond motifs is 1. The van der Waals surface area contributed by atoms with Gasteiger partial charge in [-0.15, -0.1) is 0 Å². The minimum atomic E-state index is -1.85. The van der Waals surface area contributed by atoms with Gasteiger partial charge in [0.25, 0.3) is 0 Å². The van der Waals surface area contributed by atoms with Gasteiger partial charge in [-0.25, -0.2) is 9.59 Å². The molecule has 1 unspecified atom stereocenters. The molecule has 0 saturated carbocycles. The third-order valence-corrected chi connectivity index (χ3v) is 11.2. The molecule has 58 heavy (non-hydrogen) atoms. The Morgan fingerprint density at radius 2 is 1.14 bits per heavy atom. The van der Waals surface area contributed by atoms with Crippen LogP contribution < -0.4 is 0 Å². The Kier molecular flexibility index (Phi) is 14.0. The van der Waals surface area contributed by atoms with E-state index in [0.717, 1.165) is 5.56 Å². The van der Waals surface area contributed by atoms with Crippen molar-refractivity contribution < 1.29 is 63.9 Å². The molecule has 0 spiro atoms. The Morgan fingerprint density at radius 1 is 0.655 bits per heavy atom. The number of esters is 2. The number of benzene rings is 4. The molecule has 3 heterocycles. The van der Waals surface area contributed by atoms with Gasteiger partial charge in [0, 0.05) is 5.02 Å². The number of aryl methyl sites for hydroxylation is 1. The van der Waals surface area contributed by atoms with Crippen molar-refractivity contribution in [2.24, 2.45) is 0 Å². The number of hydrogen-bond acceptors (Lipinski definition) is 12. The highest BCUT2D eigenvalue weighted by atomic mass is 35.5. The summed E-state index contributed by atoms with van der Waals surface area (Å²) in [5.74, 6) is -2.10. The Bertz CT molecular complexity index is 2060. The lowest BCUT2D eigenvalue weighted by molar-refractivity contribution is -0.240. The van der Waals surface area contributed by atoms with Crippen LogP contribution in [0, 0.1) is 6.92 Å². The van der Waals surface area contributed by atoms with E-state index in [-0.39, 0.29) is 5.48 Å². The predicted octanol–water partition coefficient (Wildman–Crippen LogP) is 6.07. The number of rotatable bonds is 8. The maximum Gasteiger partial charge on any atom is 0.338 e. The second-order valence-corrected chi connectivity index (χ2v) is 16.1. The van der Waals surface area contributed by atoms with Gasteiger partial charge in [-0.3, -0.25) is 0 Å². The van der Waals surface area contributed by atoms with Gasteiger partial charge in [-0.2, -0.15) is 0 Å². The molecule has 4 aromatic rings. The highest BCUT2D eigenvalue weighted by Gasteiger charge is 2.63. The molecule has 4 aromatic carbocycles. The SMILES string of the molecule is CC1(C)O[C@H]2O[C@H]([C@H](OC(=O)c3ccccc3)c3ccc(Cl)c(Cl)c3)[C@@](C)(O)[C@H]2O1.Cc1ccc([C@@H](OC(=O)c2ccccc2)[C@H]2OC(O)[C@H](O)[C@]2(C)O)cc1Cl.O. The summed E-state index contributed by atoms with van der Waals surface area (Å²) in [4.78, 5) is 25.4. The third kappa shape index (κ3) is 9.52. The molecule has 16 heteroatoms. The van der Waals surface area contributed by atoms with Gasteiger partial charge < -0.3 is 54.3 Å². The zero-order chi connectivity index (χ0) is 41.4. The Morgan fingerprint density at radius 3 is 1.59 bits per heavy atom. The monoisotopic (exact) mass is 862 g/mol. The van der Waals surface area contributed by atoms with E-state index >= 15 is 0 Å². The summed E-state index contributed by atoms with van der Waals surface area (Å²) in [6.45, 7) is 8.20. The summed E-state index contributed by atoms with van der Waals surface area (Å²) >= 11 is 18.5. The van der Waals surface area contributed by atoms with Crippen molar-refractivity contribution in [3.63, 3.8) is 0 Å². The smallest absolute Gasteiger partial charge is 0.338 e. The minimum absolute atomic E-state index is 0. The van der Waals surface area contributed by atoms with E-state index in [4.69, 9.17) is 63.2 Å². The molecule has 3 fully saturated rings. The van der Waals surface area contributed by atoms with Crippen molar-refractivity contribution in [3.8, 4) is 0 Å². The Balaban J connectivity index is 0.000000218. The van der Waals surface area contributed by atoms with Crippen molar-refractivity contribution >= 4 is 46.7 Å². The van der Waals surface area contributed by atoms with Crippen LogP contribution in [0.2, 0.25) is 15.1 Å². The molecule has 0 radical (unpaired) electrons. The van der Waals surface area contributed by atoms with Crippen molar-refractivity contribution in [3.05, 3.63) is 140 Å². The number of halogens is 3. The van der Waals surface area contributed by atoms with E-state index in [2.05, 4.69) is 0 Å². The number of aliphatic hydroxyl groups is 4. The fraction of sp³-hybridized carbons (Fsp3) is 0.381. The quantitative estimate of drug-likeness (QED) is 0.149. The molecule has 0 aliphatic carbocycles. The summed E-state index contributed by atoms with van der Waals surface area (Å²) in [6, 6.07) is 26.8. The Labute approximate surface area is 350 Å². The highest BCUT2D eigenvalue weighted by Crippen LogP contribution is 2.48. The normalized spacial score (nSPS) is 29.2. The Hall–Kier alpha value is -3.67. The van der Waals surface area contributed by atoms with Crippen LogP contribution in [0.4, 0.5) is 0 Å². The average molecular weight is 864 g/mol. The van der Waals surface area contributed by atoms with Crippen molar-refractivity contribution in [2.45, 2.75) is 101 Å². The van der Waals surface area contributed by atoms with Crippen LogP contribution in [-0.4, -0.2) is 91.8 Å². The molecular formula is C42H45Cl3O13. The van der Waals surface area contributed by atoms with Crippen LogP contribution in [0.1, 0.15) is 77.3 Å². The molecule has 10 atom stereocenters. The minimum Gasteiger partial charge on any atom is -0.451 e. The van der Waals surface area contributed by atoms with Gasteiger partial charge in [0.05, 0.1) is 21.2 Å². The third-order valence-electron chi connectivity index (χ3n) is 10.1. The van der Waals surface area contributed by atoms with E-state index in [1.165, 1.54) is 6.92 Å². The number of hydrogen-bond donors (Lipinski definition) is 4. The molecule has 6 N–H and O–H groups in total. The van der Waals surface area contributed by atoms with Gasteiger partial charge >= 0.3 is 11.9 Å². The second-order valence-electron chi connectivity index (χ2n) is 14.9. The van der Waals surface area contributed by atoms with Gasteiger partial charge in [0.15, 0.2) is 30.6 Å². The van der Waals surface area contributed by atoms with Crippen LogP contribution >= 0.6 is 34.8 Å². The first kappa shape index (κ1) is 45.4. The molecule has 3 saturated heterocycles. The summed E-state index contributed by atoms with van der Waals surface area (Å²) in [5.41, 5.74) is -0.842. The predicted molar refractivity (Wildman–Crippen MR) is 212 cm³/mol. The largest absolute Gasteiger partial charge is 0.451 e. The second kappa shape index (κ2) is 17.9. The van der Waals surface area contributed by atoms with Gasteiger partial charge in [-0.1, -0.05) is 89.4 Å². The summed E-state index contributed by atoms with van der Waals surface area (Å²) < 4.78 is 34.4. The first-order valence-electron chi connectivity index (χ1n) is 18.0. The number of carbonyl (C=O) groups excluding carboxylic acids is 2. The van der Waals surface area contributed by atoms with Gasteiger partial charge in [-0.05, 0) is 93.8 Å². The first-order chi connectivity index (χ1) is 26.8. The van der Waals surface area contributed by atoms with Crippen LogP contribution in [-0.2, 0) is 28.4 Å². The number of aliphatic hydroxyl groups excluding tert-OH is 2. The van der Waals surface area contributed by atoms with E-state index in [0.29, 0.717) is 37.3 Å². The lowest BCUT2D eigenvalue weighted by Gasteiger charge is -2.34. The molecule has 0 bridgehead atoms. The van der Waals surface area contributed by atoms with Crippen molar-refractivity contribution in [1.82, 2.24) is 0 Å². The van der Waals surface area contributed by atoms with Gasteiger partial charge in [0.1, 0.15) is 35.6 Å². The van der Waals surface area contributed by atoms with Gasteiger partial charge in [0.2, 0.25) is 0 Å². The standard InChI is InChI=1S/C22H22Cl2O6.C20H21ClO6.H2O/c1-21(2)29-18-20(30-21)28-17(22(18,3)26)16(13-9-10-14(23)15(24)11-13)27-19(25)12-7-5-4-6-8-12;1-11-8-9-13(10-14(11)21)15(17-20(2,25)16(22)19(24)27-17)26-18(23)12-6-4-3-5-7-12;/h4-11,16-18,20,26H,1-3H3;3-10,15-17,19,22,24-25H,1-2H3;1H2/t16-,17-,18+,20-,22-;15-,16+,17-,19?,20+;/m11./s1. The fourth-order valence-corrected chi connectivity index (χ4v) is 7.34. The van der Waals surface area contributed by atoms with E-state index in [1.807, 2.05) is 6.92 Å². The van der Waals surface area contributed by atoms with Crippen LogP contribution in [0.5, 0.6) is 0 Å². The van der Waals surface area contributed by atoms with E-state index < -0.39 is 78.1 Å². The maximum absolute atomic E-state index is 12.8. The zero-order valence-corrected chi connectivity index (χ0v) is 34.3. The van der Waals surface area contributed by atoms with Crippen LogP contribution in [0.25, 0.3) is 0 Å². The topological polar surface area (TPSA) is 202 Å². The first-order valence-corrected chi connectivity index (χ1v) is 19.1. The molecule has 0 aromatic heterocycles. The maximum atomic E-state index is 12.8. The van der Waals surface area contributed by atoms with E-state index in [9.17, 15) is 30.0 Å². The molecule has 7 rings (SSSR count). The molecule has 0 amide bonds. The van der Waals surface area contributed by atoms with Crippen LogP contribution in [0.3, 0.4) is 0 Å². The molecule has 13 nitrogen and oxygen atoms in total.